The van der Waals surface area contributed by atoms with Crippen molar-refractivity contribution in [3.8, 4) is 0 Å². The number of carbonyl (C=O) groups excluding carboxylic acids is 2. The van der Waals surface area contributed by atoms with Crippen molar-refractivity contribution in [3.63, 3.8) is 0 Å². The van der Waals surface area contributed by atoms with Gasteiger partial charge in [0.15, 0.2) is 0 Å². The lowest BCUT2D eigenvalue weighted by molar-refractivity contribution is -0.119. The zero-order valence-corrected chi connectivity index (χ0v) is 18.1. The van der Waals surface area contributed by atoms with Crippen LogP contribution in [0.3, 0.4) is 0 Å². The molecule has 0 atom stereocenters. The molecule has 5 nitrogen and oxygen atoms in total. The second-order valence-corrected chi connectivity index (χ2v) is 8.55. The van der Waals surface area contributed by atoms with Crippen molar-refractivity contribution < 1.29 is 9.59 Å². The Labute approximate surface area is 179 Å². The van der Waals surface area contributed by atoms with Gasteiger partial charge in [-0.1, -0.05) is 42.5 Å². The number of nitrogens with one attached hydrogen (secondary N) is 2. The van der Waals surface area contributed by atoms with E-state index in [0.29, 0.717) is 0 Å². The van der Waals surface area contributed by atoms with Crippen molar-refractivity contribution in [1.82, 2.24) is 10.2 Å². The Hall–Kier alpha value is -2.66. The van der Waals surface area contributed by atoms with Crippen LogP contribution in [-0.2, 0) is 22.6 Å². The number of hydrogen-bond donors (Lipinski definition) is 2. The van der Waals surface area contributed by atoms with Crippen LogP contribution in [0.1, 0.15) is 44.2 Å². The molecule has 1 fully saturated rings. The summed E-state index contributed by atoms with van der Waals surface area (Å²) < 4.78 is 0. The van der Waals surface area contributed by atoms with E-state index in [1.807, 2.05) is 12.1 Å². The zero-order valence-electron chi connectivity index (χ0n) is 18.1. The molecule has 1 heterocycles. The van der Waals surface area contributed by atoms with Gasteiger partial charge in [0.2, 0.25) is 11.8 Å². The minimum atomic E-state index is -0.0511. The van der Waals surface area contributed by atoms with Gasteiger partial charge in [0.05, 0.1) is 0 Å². The highest BCUT2D eigenvalue weighted by Gasteiger charge is 2.34. The van der Waals surface area contributed by atoms with Gasteiger partial charge in [0.25, 0.3) is 0 Å². The molecular formula is C25H33N3O2. The lowest BCUT2D eigenvalue weighted by Crippen LogP contribution is -2.46. The molecule has 2 aromatic rings. The first-order valence-electron chi connectivity index (χ1n) is 10.8. The van der Waals surface area contributed by atoms with Gasteiger partial charge in [0, 0.05) is 32.6 Å². The van der Waals surface area contributed by atoms with Crippen LogP contribution in [0, 0.1) is 5.41 Å². The number of nitrogens with zero attached hydrogens (tertiary/aromatic N) is 1. The van der Waals surface area contributed by atoms with Crippen LogP contribution in [0.2, 0.25) is 0 Å². The summed E-state index contributed by atoms with van der Waals surface area (Å²) in [6, 6.07) is 18.7. The average Bonchev–Trinajstić information content (AvgIpc) is 2.74. The van der Waals surface area contributed by atoms with E-state index in [1.165, 1.54) is 18.1 Å². The second kappa shape index (κ2) is 10.4. The number of benzene rings is 2. The summed E-state index contributed by atoms with van der Waals surface area (Å²) in [5.41, 5.74) is 3.61. The third kappa shape index (κ3) is 6.70. The molecule has 5 heteroatoms. The van der Waals surface area contributed by atoms with E-state index in [0.717, 1.165) is 57.5 Å². The van der Waals surface area contributed by atoms with Gasteiger partial charge < -0.3 is 10.6 Å². The van der Waals surface area contributed by atoms with E-state index in [4.69, 9.17) is 0 Å². The number of likely N-dealkylation sites (tertiary alicyclic amines) is 1. The summed E-state index contributed by atoms with van der Waals surface area (Å²) in [7, 11) is 0. The molecule has 1 aliphatic rings. The lowest BCUT2D eigenvalue weighted by Gasteiger charge is -2.42. The number of anilines is 1. The van der Waals surface area contributed by atoms with Gasteiger partial charge in [-0.25, -0.2) is 0 Å². The molecule has 2 amide bonds. The third-order valence-electron chi connectivity index (χ3n) is 6.10. The van der Waals surface area contributed by atoms with Crippen LogP contribution < -0.4 is 10.6 Å². The molecule has 0 saturated carbocycles. The quantitative estimate of drug-likeness (QED) is 0.695. The Morgan fingerprint density at radius 3 is 2.17 bits per heavy atom. The first kappa shape index (κ1) is 22.0. The summed E-state index contributed by atoms with van der Waals surface area (Å²) in [5.74, 6) is 0.000527. The number of hydrogen-bond acceptors (Lipinski definition) is 3. The molecule has 160 valence electrons. The van der Waals surface area contributed by atoms with Gasteiger partial charge in [-0.05, 0) is 67.4 Å². The van der Waals surface area contributed by atoms with E-state index >= 15 is 0 Å². The summed E-state index contributed by atoms with van der Waals surface area (Å²) in [5, 5.41) is 5.90. The summed E-state index contributed by atoms with van der Waals surface area (Å²) >= 11 is 0. The van der Waals surface area contributed by atoms with Crippen molar-refractivity contribution in [2.24, 2.45) is 5.41 Å². The molecule has 0 aromatic heterocycles. The SMILES string of the molecule is CC(=O)NCC1(CCc2ccccc2)CCN(Cc2ccc(NC(C)=O)cc2)CC1. The maximum atomic E-state index is 11.6. The largest absolute Gasteiger partial charge is 0.356 e. The summed E-state index contributed by atoms with van der Waals surface area (Å²) in [6.07, 6.45) is 4.32. The Balaban J connectivity index is 1.56. The maximum absolute atomic E-state index is 11.6. The minimum Gasteiger partial charge on any atom is -0.356 e. The normalized spacial score (nSPS) is 16.1. The van der Waals surface area contributed by atoms with Crippen LogP contribution in [0.5, 0.6) is 0 Å². The third-order valence-corrected chi connectivity index (χ3v) is 6.10. The standard InChI is InChI=1S/C25H33N3O2/c1-20(29)26-19-25(13-12-22-6-4-3-5-7-22)14-16-28(17-15-25)18-23-8-10-24(11-9-23)27-21(2)30/h3-11H,12-19H2,1-2H3,(H,26,29)(H,27,30). The van der Waals surface area contributed by atoms with Crippen LogP contribution in [-0.4, -0.2) is 36.3 Å². The van der Waals surface area contributed by atoms with Crippen molar-refractivity contribution in [3.05, 3.63) is 65.7 Å². The maximum Gasteiger partial charge on any atom is 0.221 e. The highest BCUT2D eigenvalue weighted by atomic mass is 16.2. The zero-order chi connectivity index (χ0) is 21.4. The average molecular weight is 408 g/mol. The van der Waals surface area contributed by atoms with Crippen LogP contribution in [0.4, 0.5) is 5.69 Å². The van der Waals surface area contributed by atoms with Crippen molar-refractivity contribution >= 4 is 17.5 Å². The molecule has 3 rings (SSSR count). The highest BCUT2D eigenvalue weighted by molar-refractivity contribution is 5.88. The summed E-state index contributed by atoms with van der Waals surface area (Å²) in [4.78, 5) is 25.2. The number of amides is 2. The molecule has 0 spiro atoms. The number of piperidine rings is 1. The smallest absolute Gasteiger partial charge is 0.221 e. The van der Waals surface area contributed by atoms with E-state index in [-0.39, 0.29) is 17.2 Å². The van der Waals surface area contributed by atoms with Gasteiger partial charge in [0.1, 0.15) is 0 Å². The van der Waals surface area contributed by atoms with Crippen LogP contribution >= 0.6 is 0 Å². The molecule has 2 aromatic carbocycles. The lowest BCUT2D eigenvalue weighted by atomic mass is 9.74. The Bertz CT molecular complexity index is 825. The molecule has 0 unspecified atom stereocenters. The van der Waals surface area contributed by atoms with Gasteiger partial charge in [-0.3, -0.25) is 14.5 Å². The number of carbonyl (C=O) groups is 2. The first-order valence-corrected chi connectivity index (χ1v) is 10.8. The first-order chi connectivity index (χ1) is 14.4. The molecule has 1 saturated heterocycles. The highest BCUT2D eigenvalue weighted by Crippen LogP contribution is 2.36. The number of aryl methyl sites for hydroxylation is 1. The molecule has 0 bridgehead atoms. The molecule has 30 heavy (non-hydrogen) atoms. The Morgan fingerprint density at radius 1 is 0.900 bits per heavy atom. The van der Waals surface area contributed by atoms with E-state index < -0.39 is 0 Å². The van der Waals surface area contributed by atoms with Crippen molar-refractivity contribution in [2.45, 2.75) is 46.1 Å². The van der Waals surface area contributed by atoms with Crippen LogP contribution in [0.25, 0.3) is 0 Å². The Kier molecular flexibility index (Phi) is 7.63. The fraction of sp³-hybridized carbons (Fsp3) is 0.440. The van der Waals surface area contributed by atoms with Gasteiger partial charge in [-0.2, -0.15) is 0 Å². The monoisotopic (exact) mass is 407 g/mol. The minimum absolute atomic E-state index is 0.0511. The second-order valence-electron chi connectivity index (χ2n) is 8.55. The Morgan fingerprint density at radius 2 is 1.57 bits per heavy atom. The fourth-order valence-corrected chi connectivity index (χ4v) is 4.22. The molecular weight excluding hydrogens is 374 g/mol. The number of rotatable bonds is 8. The molecule has 0 radical (unpaired) electrons. The molecule has 1 aliphatic heterocycles. The van der Waals surface area contributed by atoms with Gasteiger partial charge >= 0.3 is 0 Å². The molecule has 0 aliphatic carbocycles. The summed E-state index contributed by atoms with van der Waals surface area (Å²) in [6.45, 7) is 6.85. The van der Waals surface area contributed by atoms with Crippen molar-refractivity contribution in [1.29, 1.82) is 0 Å². The topological polar surface area (TPSA) is 61.4 Å². The van der Waals surface area contributed by atoms with Crippen molar-refractivity contribution in [2.75, 3.05) is 25.0 Å². The van der Waals surface area contributed by atoms with Crippen LogP contribution in [0.15, 0.2) is 54.6 Å². The van der Waals surface area contributed by atoms with E-state index in [1.54, 1.807) is 6.92 Å². The predicted molar refractivity (Wildman–Crippen MR) is 121 cm³/mol. The fourth-order valence-electron chi connectivity index (χ4n) is 4.22. The van der Waals surface area contributed by atoms with Gasteiger partial charge in [-0.15, -0.1) is 0 Å². The predicted octanol–water partition coefficient (Wildman–Crippen LogP) is 4.00. The molecule has 2 N–H and O–H groups in total. The van der Waals surface area contributed by atoms with E-state index in [2.05, 4.69) is 58.0 Å². The van der Waals surface area contributed by atoms with E-state index in [9.17, 15) is 9.59 Å².